The van der Waals surface area contributed by atoms with Gasteiger partial charge in [-0.1, -0.05) is 17.0 Å². The van der Waals surface area contributed by atoms with Gasteiger partial charge in [-0.2, -0.15) is 13.6 Å². The average molecular weight is 837 g/mol. The smallest absolute Gasteiger partial charge is 0.490 e. The molecule has 0 spiro atoms. The Morgan fingerprint density at radius 3 is 2.53 bits per heavy atom. The van der Waals surface area contributed by atoms with Crippen LogP contribution in [0.3, 0.4) is 0 Å². The SMILES string of the molecule is [N-]=[N+]=NC(COc1ccc(NC2CCC2)cc1)OCCOCC(=O)NCC#Cc1cn([C@H]2CC[C@@H](COP(=O)(O)OP(=O)(O)OP(=O)(O)O)O2)c(=O)nc1N. The third kappa shape index (κ3) is 15.7. The maximum Gasteiger partial charge on any atom is 0.490 e. The Kier molecular flexibility index (Phi) is 16.2. The van der Waals surface area contributed by atoms with Gasteiger partial charge in [-0.15, -0.1) is 0 Å². The van der Waals surface area contributed by atoms with Crippen molar-refractivity contribution in [2.75, 3.05) is 50.6 Å². The van der Waals surface area contributed by atoms with Crippen LogP contribution in [0.2, 0.25) is 0 Å². The highest BCUT2D eigenvalue weighted by Crippen LogP contribution is 2.66. The van der Waals surface area contributed by atoms with Crippen molar-refractivity contribution in [2.45, 2.75) is 56.7 Å². The molecule has 1 aromatic carbocycles. The lowest BCUT2D eigenvalue weighted by atomic mass is 9.93. The number of nitrogens with one attached hydrogen (secondary N) is 2. The Hall–Kier alpha value is -3.87. The van der Waals surface area contributed by atoms with Gasteiger partial charge in [-0.3, -0.25) is 13.9 Å². The third-order valence-corrected chi connectivity index (χ3v) is 11.3. The van der Waals surface area contributed by atoms with E-state index in [4.69, 9.17) is 40.0 Å². The fraction of sp³-hybridized carbons (Fsp3) is 0.536. The van der Waals surface area contributed by atoms with Gasteiger partial charge in [0.15, 0.2) is 6.23 Å². The first-order chi connectivity index (χ1) is 26.0. The molecule has 1 saturated carbocycles. The number of rotatable bonds is 21. The number of benzene rings is 1. The Balaban J connectivity index is 1.15. The van der Waals surface area contributed by atoms with Crippen molar-refractivity contribution in [3.05, 3.63) is 57.0 Å². The average Bonchev–Trinajstić information content (AvgIpc) is 3.55. The zero-order valence-corrected chi connectivity index (χ0v) is 31.5. The fourth-order valence-electron chi connectivity index (χ4n) is 4.80. The number of nitrogen functional groups attached to an aromatic ring is 1. The number of nitrogens with two attached hydrogens (primary N) is 1. The monoisotopic (exact) mass is 836 g/mol. The number of ether oxygens (including phenoxy) is 4. The van der Waals surface area contributed by atoms with Crippen LogP contribution in [0, 0.1) is 11.8 Å². The molecule has 24 nitrogen and oxygen atoms in total. The maximum absolute atomic E-state index is 12.5. The number of aromatic nitrogens is 2. The minimum Gasteiger partial charge on any atom is -0.491 e. The number of carbonyl (C=O) groups excluding carboxylic acids is 1. The fourth-order valence-corrected chi connectivity index (χ4v) is 7.84. The van der Waals surface area contributed by atoms with Crippen molar-refractivity contribution in [3.63, 3.8) is 0 Å². The lowest BCUT2D eigenvalue weighted by Gasteiger charge is -2.27. The zero-order valence-electron chi connectivity index (χ0n) is 28.8. The van der Waals surface area contributed by atoms with E-state index in [0.717, 1.165) is 23.1 Å². The molecule has 2 fully saturated rings. The molecule has 4 rings (SSSR count). The van der Waals surface area contributed by atoms with E-state index in [1.165, 1.54) is 12.6 Å². The number of carbonyl (C=O) groups is 1. The van der Waals surface area contributed by atoms with E-state index in [1.54, 1.807) is 12.1 Å². The van der Waals surface area contributed by atoms with Crippen LogP contribution in [-0.4, -0.2) is 93.0 Å². The second-order valence-corrected chi connectivity index (χ2v) is 16.1. The molecule has 3 unspecified atom stereocenters. The molecule has 5 atom stereocenters. The van der Waals surface area contributed by atoms with Crippen LogP contribution in [0.15, 0.2) is 40.4 Å². The highest BCUT2D eigenvalue weighted by molar-refractivity contribution is 7.66. The molecule has 302 valence electrons. The predicted octanol–water partition coefficient (Wildman–Crippen LogP) is 2.03. The molecule has 0 radical (unpaired) electrons. The van der Waals surface area contributed by atoms with Gasteiger partial charge in [0.05, 0.1) is 38.0 Å². The summed E-state index contributed by atoms with van der Waals surface area (Å²) < 4.78 is 69.3. The van der Waals surface area contributed by atoms with Gasteiger partial charge in [-0.25, -0.2) is 18.5 Å². The topological polar surface area (TPSA) is 348 Å². The lowest BCUT2D eigenvalue weighted by molar-refractivity contribution is -0.126. The molecule has 27 heteroatoms. The van der Waals surface area contributed by atoms with Crippen LogP contribution in [0.25, 0.3) is 10.4 Å². The molecular weight excluding hydrogens is 797 g/mol. The van der Waals surface area contributed by atoms with Crippen molar-refractivity contribution in [1.29, 1.82) is 0 Å². The summed E-state index contributed by atoms with van der Waals surface area (Å²) in [6.07, 6.45) is 2.31. The standard InChI is InChI=1S/C28H39N8O16P3/c29-27-19(15-36(28(38)33-27)26-11-10-23(50-26)16-49-54(42,43)52-55(44,45)51-53(39,40)41)3-2-12-31-24(37)17-46-13-14-47-25(34-35-30)18-48-22-8-6-21(7-9-22)32-20-4-1-5-20/h6-9,15,20,23,25-26,32H,1,4-5,10-14,16-18H2,(H,31,37)(H,42,43)(H,44,45)(H2,29,33,38)(H2,39,40,41)/t23-,25?,26+/m0/s1. The van der Waals surface area contributed by atoms with E-state index in [0.29, 0.717) is 11.8 Å². The van der Waals surface area contributed by atoms with Crippen molar-refractivity contribution in [1.82, 2.24) is 14.9 Å². The maximum atomic E-state index is 12.5. The summed E-state index contributed by atoms with van der Waals surface area (Å²) in [7, 11) is -16.6. The summed E-state index contributed by atoms with van der Waals surface area (Å²) in [6.45, 7) is -1.18. The molecule has 1 saturated heterocycles. The summed E-state index contributed by atoms with van der Waals surface area (Å²) in [5.41, 5.74) is 15.0. The van der Waals surface area contributed by atoms with E-state index < -0.39 is 60.2 Å². The largest absolute Gasteiger partial charge is 0.491 e. The van der Waals surface area contributed by atoms with Gasteiger partial charge >= 0.3 is 29.2 Å². The summed E-state index contributed by atoms with van der Waals surface area (Å²) in [6, 6.07) is 7.91. The molecule has 0 bridgehead atoms. The van der Waals surface area contributed by atoms with Crippen molar-refractivity contribution in [3.8, 4) is 17.6 Å². The van der Waals surface area contributed by atoms with E-state index >= 15 is 0 Å². The summed E-state index contributed by atoms with van der Waals surface area (Å²) in [4.78, 5) is 67.3. The van der Waals surface area contributed by atoms with Gasteiger partial charge in [0, 0.05) is 22.8 Å². The molecular formula is C28H39N8O16P3. The minimum atomic E-state index is -5.69. The Morgan fingerprint density at radius 1 is 1.11 bits per heavy atom. The minimum absolute atomic E-state index is 0.00419. The normalized spacial score (nSPS) is 19.7. The number of anilines is 2. The molecule has 8 N–H and O–H groups in total. The van der Waals surface area contributed by atoms with Crippen LogP contribution in [0.5, 0.6) is 5.75 Å². The second-order valence-electron chi connectivity index (χ2n) is 11.7. The van der Waals surface area contributed by atoms with Crippen LogP contribution in [0.1, 0.15) is 43.9 Å². The molecule has 1 aliphatic heterocycles. The molecule has 1 aromatic heterocycles. The first-order valence-corrected chi connectivity index (χ1v) is 20.8. The third-order valence-electron chi connectivity index (χ3n) is 7.49. The number of phosphoric acid groups is 3. The van der Waals surface area contributed by atoms with Crippen LogP contribution in [-0.2, 0) is 45.8 Å². The van der Waals surface area contributed by atoms with Gasteiger partial charge in [0.1, 0.15) is 31.0 Å². The molecule has 1 amide bonds. The van der Waals surface area contributed by atoms with Crippen molar-refractivity contribution < 1.29 is 70.2 Å². The van der Waals surface area contributed by atoms with E-state index in [1.807, 2.05) is 12.1 Å². The van der Waals surface area contributed by atoms with E-state index in [2.05, 4.69) is 50.6 Å². The van der Waals surface area contributed by atoms with Crippen LogP contribution >= 0.6 is 23.5 Å². The molecule has 2 aliphatic rings. The van der Waals surface area contributed by atoms with E-state index in [9.17, 15) is 33.1 Å². The number of amides is 1. The number of azide groups is 1. The number of phosphoric ester groups is 1. The van der Waals surface area contributed by atoms with Crippen molar-refractivity contribution in [2.24, 2.45) is 5.11 Å². The van der Waals surface area contributed by atoms with Crippen molar-refractivity contribution >= 4 is 40.9 Å². The molecule has 2 aromatic rings. The Morgan fingerprint density at radius 2 is 1.85 bits per heavy atom. The zero-order chi connectivity index (χ0) is 40.1. The first-order valence-electron chi connectivity index (χ1n) is 16.3. The van der Waals surface area contributed by atoms with Gasteiger partial charge in [0.25, 0.3) is 0 Å². The first kappa shape index (κ1) is 43.9. The second kappa shape index (κ2) is 20.3. The molecule has 2 heterocycles. The highest BCUT2D eigenvalue weighted by Gasteiger charge is 2.41. The van der Waals surface area contributed by atoms with Crippen LogP contribution < -0.4 is 26.8 Å². The molecule has 1 aliphatic carbocycles. The van der Waals surface area contributed by atoms with Crippen LogP contribution in [0.4, 0.5) is 11.5 Å². The molecule has 55 heavy (non-hydrogen) atoms. The Labute approximate surface area is 312 Å². The number of hydrogen-bond donors (Lipinski definition) is 7. The van der Waals surface area contributed by atoms with Gasteiger partial charge < -0.3 is 54.9 Å². The number of hydrogen-bond acceptors (Lipinski definition) is 16. The van der Waals surface area contributed by atoms with Gasteiger partial charge in [0.2, 0.25) is 5.91 Å². The van der Waals surface area contributed by atoms with Gasteiger partial charge in [-0.05, 0) is 61.9 Å². The highest BCUT2D eigenvalue weighted by atomic mass is 31.3. The predicted molar refractivity (Wildman–Crippen MR) is 189 cm³/mol. The summed E-state index contributed by atoms with van der Waals surface area (Å²) >= 11 is 0. The summed E-state index contributed by atoms with van der Waals surface area (Å²) in [5, 5.41) is 9.51. The quantitative estimate of drug-likeness (QED) is 0.0236. The van der Waals surface area contributed by atoms with E-state index in [-0.39, 0.29) is 57.2 Å². The number of nitrogens with zero attached hydrogens (tertiary/aromatic N) is 5. The summed E-state index contributed by atoms with van der Waals surface area (Å²) in [5.74, 6) is 5.22. The lowest BCUT2D eigenvalue weighted by Crippen LogP contribution is -2.29. The Bertz CT molecular complexity index is 1940.